The van der Waals surface area contributed by atoms with Gasteiger partial charge in [0, 0.05) is 17.4 Å². The highest BCUT2D eigenvalue weighted by Gasteiger charge is 2.22. The van der Waals surface area contributed by atoms with Crippen molar-refractivity contribution >= 4 is 17.4 Å². The maximum Gasteiger partial charge on any atom is 0.319 e. The number of urea groups is 1. The van der Waals surface area contributed by atoms with Gasteiger partial charge in [-0.05, 0) is 49.4 Å². The van der Waals surface area contributed by atoms with E-state index < -0.39 is 0 Å². The molecule has 4 N–H and O–H groups in total. The molecule has 1 aromatic carbocycles. The van der Waals surface area contributed by atoms with Gasteiger partial charge < -0.3 is 16.4 Å². The maximum absolute atomic E-state index is 11.7. The van der Waals surface area contributed by atoms with Gasteiger partial charge in [0.2, 0.25) is 0 Å². The number of rotatable bonds is 2. The Morgan fingerprint density at radius 3 is 2.59 bits per heavy atom. The highest BCUT2D eigenvalue weighted by Crippen LogP contribution is 2.24. The summed E-state index contributed by atoms with van der Waals surface area (Å²) in [7, 11) is 0. The summed E-state index contributed by atoms with van der Waals surface area (Å²) < 4.78 is 0. The first kappa shape index (κ1) is 11.8. The van der Waals surface area contributed by atoms with Crippen LogP contribution in [0, 0.1) is 5.92 Å². The highest BCUT2D eigenvalue weighted by molar-refractivity contribution is 5.89. The zero-order chi connectivity index (χ0) is 12.3. The molecule has 1 aromatic rings. The van der Waals surface area contributed by atoms with Crippen molar-refractivity contribution in [2.45, 2.75) is 32.2 Å². The monoisotopic (exact) mass is 233 g/mol. The van der Waals surface area contributed by atoms with Crippen molar-refractivity contribution in [3.63, 3.8) is 0 Å². The summed E-state index contributed by atoms with van der Waals surface area (Å²) in [6, 6.07) is 7.33. The van der Waals surface area contributed by atoms with Crippen molar-refractivity contribution in [3.05, 3.63) is 24.3 Å². The van der Waals surface area contributed by atoms with Crippen LogP contribution in [-0.4, -0.2) is 12.1 Å². The van der Waals surface area contributed by atoms with E-state index in [0.717, 1.165) is 24.4 Å². The molecular weight excluding hydrogens is 214 g/mol. The predicted molar refractivity (Wildman–Crippen MR) is 69.8 cm³/mol. The first-order valence-electron chi connectivity index (χ1n) is 6.06. The molecule has 1 aliphatic rings. The molecular formula is C13H19N3O. The maximum atomic E-state index is 11.7. The molecule has 1 saturated carbocycles. The molecule has 1 aliphatic carbocycles. The molecule has 0 bridgehead atoms. The van der Waals surface area contributed by atoms with Crippen LogP contribution in [0.1, 0.15) is 26.2 Å². The van der Waals surface area contributed by atoms with E-state index in [-0.39, 0.29) is 6.03 Å². The molecule has 0 spiro atoms. The quantitative estimate of drug-likeness (QED) is 0.687. The fraction of sp³-hybridized carbons (Fsp3) is 0.462. The van der Waals surface area contributed by atoms with Crippen molar-refractivity contribution in [2.75, 3.05) is 11.1 Å². The van der Waals surface area contributed by atoms with Crippen molar-refractivity contribution in [1.82, 2.24) is 5.32 Å². The average molecular weight is 233 g/mol. The van der Waals surface area contributed by atoms with Crippen LogP contribution in [-0.2, 0) is 0 Å². The van der Waals surface area contributed by atoms with Gasteiger partial charge in [0.15, 0.2) is 0 Å². The summed E-state index contributed by atoms with van der Waals surface area (Å²) in [4.78, 5) is 11.7. The third kappa shape index (κ3) is 3.37. The molecule has 0 aliphatic heterocycles. The molecule has 0 aromatic heterocycles. The van der Waals surface area contributed by atoms with Crippen LogP contribution in [0.2, 0.25) is 0 Å². The summed E-state index contributed by atoms with van der Waals surface area (Å²) >= 11 is 0. The number of carbonyl (C=O) groups excluding carboxylic acids is 1. The number of anilines is 2. The van der Waals surface area contributed by atoms with Gasteiger partial charge in [-0.15, -0.1) is 0 Å². The minimum absolute atomic E-state index is 0.131. The number of nitrogen functional groups attached to an aromatic ring is 1. The van der Waals surface area contributed by atoms with Crippen LogP contribution in [0.15, 0.2) is 24.3 Å². The minimum atomic E-state index is -0.131. The van der Waals surface area contributed by atoms with E-state index in [9.17, 15) is 4.79 Å². The molecule has 0 heterocycles. The first-order chi connectivity index (χ1) is 8.13. The van der Waals surface area contributed by atoms with Crippen LogP contribution < -0.4 is 16.4 Å². The number of amides is 2. The molecule has 4 heteroatoms. The van der Waals surface area contributed by atoms with Gasteiger partial charge in [0.1, 0.15) is 0 Å². The number of nitrogens with two attached hydrogens (primary N) is 1. The molecule has 0 saturated heterocycles. The molecule has 2 amide bonds. The molecule has 17 heavy (non-hydrogen) atoms. The van der Waals surface area contributed by atoms with Crippen LogP contribution in [0.4, 0.5) is 16.2 Å². The Balaban J connectivity index is 1.83. The molecule has 2 atom stereocenters. The zero-order valence-corrected chi connectivity index (χ0v) is 10.1. The number of hydrogen-bond donors (Lipinski definition) is 3. The Morgan fingerprint density at radius 1 is 1.29 bits per heavy atom. The first-order valence-corrected chi connectivity index (χ1v) is 6.06. The number of benzene rings is 1. The molecule has 1 fully saturated rings. The van der Waals surface area contributed by atoms with Crippen LogP contribution in [0.5, 0.6) is 0 Å². The van der Waals surface area contributed by atoms with Crippen molar-refractivity contribution in [2.24, 2.45) is 5.92 Å². The minimum Gasteiger partial charge on any atom is -0.399 e. The fourth-order valence-corrected chi connectivity index (χ4v) is 2.26. The SMILES string of the molecule is CC1CCC(NC(=O)Nc2ccc(N)cc2)C1. The Morgan fingerprint density at radius 2 is 2.00 bits per heavy atom. The van der Waals surface area contributed by atoms with Crippen molar-refractivity contribution < 1.29 is 4.79 Å². The lowest BCUT2D eigenvalue weighted by Gasteiger charge is -2.13. The summed E-state index contributed by atoms with van der Waals surface area (Å²) in [6.45, 7) is 2.22. The van der Waals surface area contributed by atoms with Crippen molar-refractivity contribution in [3.8, 4) is 0 Å². The Bertz CT molecular complexity index is 388. The molecule has 2 rings (SSSR count). The fourth-order valence-electron chi connectivity index (χ4n) is 2.26. The van der Waals surface area contributed by atoms with E-state index in [1.165, 1.54) is 6.42 Å². The van der Waals surface area contributed by atoms with Gasteiger partial charge in [-0.1, -0.05) is 6.92 Å². The van der Waals surface area contributed by atoms with Gasteiger partial charge in [0.25, 0.3) is 0 Å². The lowest BCUT2D eigenvalue weighted by molar-refractivity contribution is 0.248. The van der Waals surface area contributed by atoms with E-state index in [1.807, 2.05) is 0 Å². The third-order valence-electron chi connectivity index (χ3n) is 3.20. The smallest absolute Gasteiger partial charge is 0.319 e. The Kier molecular flexibility index (Phi) is 3.52. The van der Waals surface area contributed by atoms with E-state index in [1.54, 1.807) is 24.3 Å². The second kappa shape index (κ2) is 5.08. The second-order valence-corrected chi connectivity index (χ2v) is 4.84. The van der Waals surface area contributed by atoms with Gasteiger partial charge in [-0.25, -0.2) is 4.79 Å². The second-order valence-electron chi connectivity index (χ2n) is 4.84. The molecule has 92 valence electrons. The lowest BCUT2D eigenvalue weighted by Crippen LogP contribution is -2.36. The van der Waals surface area contributed by atoms with E-state index in [2.05, 4.69) is 17.6 Å². The van der Waals surface area contributed by atoms with E-state index in [4.69, 9.17) is 5.73 Å². The van der Waals surface area contributed by atoms with Crippen LogP contribution in [0.3, 0.4) is 0 Å². The summed E-state index contributed by atoms with van der Waals surface area (Å²) in [5, 5.41) is 5.80. The van der Waals surface area contributed by atoms with Gasteiger partial charge in [0.05, 0.1) is 0 Å². The van der Waals surface area contributed by atoms with Gasteiger partial charge in [-0.2, -0.15) is 0 Å². The predicted octanol–water partition coefficient (Wildman–Crippen LogP) is 2.58. The topological polar surface area (TPSA) is 67.2 Å². The van der Waals surface area contributed by atoms with Crippen LogP contribution in [0.25, 0.3) is 0 Å². The normalized spacial score (nSPS) is 23.4. The Labute approximate surface area is 102 Å². The van der Waals surface area contributed by atoms with E-state index in [0.29, 0.717) is 11.7 Å². The number of nitrogens with one attached hydrogen (secondary N) is 2. The van der Waals surface area contributed by atoms with Gasteiger partial charge in [-0.3, -0.25) is 0 Å². The average Bonchev–Trinajstić information content (AvgIpc) is 2.67. The highest BCUT2D eigenvalue weighted by atomic mass is 16.2. The third-order valence-corrected chi connectivity index (χ3v) is 3.20. The van der Waals surface area contributed by atoms with Crippen molar-refractivity contribution in [1.29, 1.82) is 0 Å². The summed E-state index contributed by atoms with van der Waals surface area (Å²) in [5.74, 6) is 0.719. The molecule has 2 unspecified atom stereocenters. The van der Waals surface area contributed by atoms with E-state index >= 15 is 0 Å². The summed E-state index contributed by atoms with van der Waals surface area (Å²) in [6.07, 6.45) is 3.36. The zero-order valence-electron chi connectivity index (χ0n) is 10.1. The Hall–Kier alpha value is -1.71. The lowest BCUT2D eigenvalue weighted by atomic mass is 10.1. The van der Waals surface area contributed by atoms with Gasteiger partial charge >= 0.3 is 6.03 Å². The molecule has 0 radical (unpaired) electrons. The largest absolute Gasteiger partial charge is 0.399 e. The standard InChI is InChI=1S/C13H19N3O/c1-9-2-5-12(8-9)16-13(17)15-11-6-3-10(14)4-7-11/h3-4,6-7,9,12H,2,5,8,14H2,1H3,(H2,15,16,17). The number of hydrogen-bond acceptors (Lipinski definition) is 2. The number of carbonyl (C=O) groups is 1. The summed E-state index contributed by atoms with van der Waals surface area (Å²) in [5.41, 5.74) is 7.04. The molecule has 4 nitrogen and oxygen atoms in total. The van der Waals surface area contributed by atoms with Crippen LogP contribution >= 0.6 is 0 Å².